The largest absolute Gasteiger partial charge is 0.468 e. The number of hydrogen-bond donors (Lipinski definition) is 0. The number of esters is 1. The molecule has 3 nitrogen and oxygen atoms in total. The van der Waals surface area contributed by atoms with E-state index in [4.69, 9.17) is 4.74 Å². The van der Waals surface area contributed by atoms with Crippen molar-refractivity contribution in [3.63, 3.8) is 0 Å². The molecule has 1 rings (SSSR count). The van der Waals surface area contributed by atoms with Crippen molar-refractivity contribution in [2.24, 2.45) is 0 Å². The molecule has 1 fully saturated rings. The summed E-state index contributed by atoms with van der Waals surface area (Å²) in [6, 6.07) is -0.0895. The summed E-state index contributed by atoms with van der Waals surface area (Å²) in [6.07, 6.45) is 0. The molecule has 0 radical (unpaired) electrons. The molecule has 0 N–H and O–H groups in total. The van der Waals surface area contributed by atoms with Gasteiger partial charge in [-0.1, -0.05) is 6.92 Å². The molecule has 0 aromatic carbocycles. The summed E-state index contributed by atoms with van der Waals surface area (Å²) in [4.78, 5) is 13.4. The van der Waals surface area contributed by atoms with Gasteiger partial charge < -0.3 is 4.74 Å². The molecular formula is C9H17NO2S. The van der Waals surface area contributed by atoms with Crippen LogP contribution in [0.1, 0.15) is 13.8 Å². The number of methoxy groups -OCH3 is 1. The van der Waals surface area contributed by atoms with E-state index in [-0.39, 0.29) is 12.0 Å². The minimum Gasteiger partial charge on any atom is -0.468 e. The predicted molar refractivity (Wildman–Crippen MR) is 55.0 cm³/mol. The summed E-state index contributed by atoms with van der Waals surface area (Å²) in [5.74, 6) is 0.988. The van der Waals surface area contributed by atoms with E-state index >= 15 is 0 Å². The fraction of sp³-hybridized carbons (Fsp3) is 0.889. The predicted octanol–water partition coefficient (Wildman–Crippen LogP) is 0.985. The van der Waals surface area contributed by atoms with Gasteiger partial charge >= 0.3 is 5.97 Å². The maximum Gasteiger partial charge on any atom is 0.322 e. The van der Waals surface area contributed by atoms with Gasteiger partial charge in [0.05, 0.1) is 7.11 Å². The Bertz CT molecular complexity index is 186. The summed E-state index contributed by atoms with van der Waals surface area (Å²) in [6.45, 7) is 6.08. The molecule has 0 aromatic heterocycles. The molecule has 0 bridgehead atoms. The summed E-state index contributed by atoms with van der Waals surface area (Å²) < 4.78 is 4.71. The van der Waals surface area contributed by atoms with Crippen molar-refractivity contribution in [3.05, 3.63) is 0 Å². The molecule has 1 saturated heterocycles. The summed E-state index contributed by atoms with van der Waals surface area (Å²) >= 11 is 1.96. The van der Waals surface area contributed by atoms with Crippen molar-refractivity contribution in [3.8, 4) is 0 Å². The van der Waals surface area contributed by atoms with Gasteiger partial charge in [-0.15, -0.1) is 0 Å². The Balaban J connectivity index is 2.45. The zero-order valence-corrected chi connectivity index (χ0v) is 9.26. The minimum atomic E-state index is -0.126. The molecule has 0 amide bonds. The molecule has 13 heavy (non-hydrogen) atoms. The maximum atomic E-state index is 11.2. The van der Waals surface area contributed by atoms with E-state index in [1.54, 1.807) is 0 Å². The normalized spacial score (nSPS) is 26.8. The molecule has 0 aliphatic carbocycles. The monoisotopic (exact) mass is 203 g/mol. The Morgan fingerprint density at radius 3 is 2.92 bits per heavy atom. The van der Waals surface area contributed by atoms with Gasteiger partial charge in [0, 0.05) is 24.1 Å². The van der Waals surface area contributed by atoms with Crippen molar-refractivity contribution in [2.45, 2.75) is 25.1 Å². The van der Waals surface area contributed by atoms with Crippen molar-refractivity contribution in [1.82, 2.24) is 4.90 Å². The Kier molecular flexibility index (Phi) is 4.06. The van der Waals surface area contributed by atoms with Crippen LogP contribution in [0.25, 0.3) is 0 Å². The third-order valence-corrected chi connectivity index (χ3v) is 3.50. The highest BCUT2D eigenvalue weighted by Gasteiger charge is 2.26. The van der Waals surface area contributed by atoms with Crippen LogP contribution in [0, 0.1) is 0 Å². The number of ether oxygens (including phenoxy) is 1. The highest BCUT2D eigenvalue weighted by molar-refractivity contribution is 7.99. The van der Waals surface area contributed by atoms with E-state index in [1.807, 2.05) is 18.7 Å². The number of nitrogens with zero attached hydrogens (tertiary/aromatic N) is 1. The summed E-state index contributed by atoms with van der Waals surface area (Å²) in [5, 5.41) is 0.626. The highest BCUT2D eigenvalue weighted by atomic mass is 32.2. The van der Waals surface area contributed by atoms with Gasteiger partial charge in [-0.2, -0.15) is 11.8 Å². The minimum absolute atomic E-state index is 0.0895. The van der Waals surface area contributed by atoms with Gasteiger partial charge in [0.15, 0.2) is 0 Å². The van der Waals surface area contributed by atoms with E-state index in [2.05, 4.69) is 11.8 Å². The molecule has 1 heterocycles. The van der Waals surface area contributed by atoms with Crippen molar-refractivity contribution >= 4 is 17.7 Å². The number of carbonyl (C=O) groups is 1. The second kappa shape index (κ2) is 4.86. The zero-order chi connectivity index (χ0) is 9.84. The maximum absolute atomic E-state index is 11.2. The second-order valence-electron chi connectivity index (χ2n) is 3.38. The van der Waals surface area contributed by atoms with E-state index in [0.717, 1.165) is 18.8 Å². The molecule has 1 aliphatic heterocycles. The van der Waals surface area contributed by atoms with Crippen LogP contribution < -0.4 is 0 Å². The van der Waals surface area contributed by atoms with E-state index < -0.39 is 0 Å². The van der Waals surface area contributed by atoms with Gasteiger partial charge in [-0.05, 0) is 6.92 Å². The first-order chi connectivity index (χ1) is 6.15. The quantitative estimate of drug-likeness (QED) is 0.626. The molecular weight excluding hydrogens is 186 g/mol. The number of thioether (sulfide) groups is 1. The van der Waals surface area contributed by atoms with E-state index in [1.165, 1.54) is 7.11 Å². The number of carbonyl (C=O) groups excluding carboxylic acids is 1. The Hall–Kier alpha value is -0.220. The topological polar surface area (TPSA) is 29.5 Å². The lowest BCUT2D eigenvalue weighted by Crippen LogP contribution is -2.46. The fourth-order valence-electron chi connectivity index (χ4n) is 1.52. The summed E-state index contributed by atoms with van der Waals surface area (Å²) in [7, 11) is 1.45. The van der Waals surface area contributed by atoms with E-state index in [9.17, 15) is 4.79 Å². The van der Waals surface area contributed by atoms with Gasteiger partial charge in [0.25, 0.3) is 0 Å². The number of hydrogen-bond acceptors (Lipinski definition) is 4. The van der Waals surface area contributed by atoms with Crippen LogP contribution in [0.15, 0.2) is 0 Å². The van der Waals surface area contributed by atoms with Gasteiger partial charge in [0.2, 0.25) is 0 Å². The van der Waals surface area contributed by atoms with Crippen LogP contribution in [0.3, 0.4) is 0 Å². The van der Waals surface area contributed by atoms with Crippen LogP contribution >= 0.6 is 11.8 Å². The van der Waals surface area contributed by atoms with Gasteiger partial charge in [-0.25, -0.2) is 0 Å². The lowest BCUT2D eigenvalue weighted by Gasteiger charge is -2.33. The molecule has 0 spiro atoms. The molecule has 2 unspecified atom stereocenters. The molecule has 76 valence electrons. The fourth-order valence-corrected chi connectivity index (χ4v) is 2.56. The zero-order valence-electron chi connectivity index (χ0n) is 8.45. The highest BCUT2D eigenvalue weighted by Crippen LogP contribution is 2.19. The molecule has 0 saturated carbocycles. The Morgan fingerprint density at radius 2 is 2.38 bits per heavy atom. The first kappa shape index (κ1) is 10.9. The lowest BCUT2D eigenvalue weighted by molar-refractivity contribution is -0.146. The van der Waals surface area contributed by atoms with Crippen molar-refractivity contribution < 1.29 is 9.53 Å². The van der Waals surface area contributed by atoms with Crippen molar-refractivity contribution in [1.29, 1.82) is 0 Å². The third-order valence-electron chi connectivity index (χ3n) is 2.36. The standard InChI is InChI=1S/C9H17NO2S/c1-7-6-10(4-5-13-7)8(2)9(11)12-3/h7-8H,4-6H2,1-3H3. The smallest absolute Gasteiger partial charge is 0.322 e. The molecule has 4 heteroatoms. The van der Waals surface area contributed by atoms with E-state index in [0.29, 0.717) is 5.25 Å². The van der Waals surface area contributed by atoms with Crippen LogP contribution in [0.5, 0.6) is 0 Å². The van der Waals surface area contributed by atoms with Crippen LogP contribution in [0.2, 0.25) is 0 Å². The lowest BCUT2D eigenvalue weighted by atomic mass is 10.2. The first-order valence-corrected chi connectivity index (χ1v) is 5.63. The number of rotatable bonds is 2. The Labute approximate surface area is 83.8 Å². The Morgan fingerprint density at radius 1 is 1.69 bits per heavy atom. The van der Waals surface area contributed by atoms with Crippen LogP contribution in [-0.4, -0.2) is 48.1 Å². The average molecular weight is 203 g/mol. The van der Waals surface area contributed by atoms with Crippen LogP contribution in [-0.2, 0) is 9.53 Å². The average Bonchev–Trinajstić information content (AvgIpc) is 2.15. The molecule has 2 atom stereocenters. The van der Waals surface area contributed by atoms with Gasteiger partial charge in [0.1, 0.15) is 6.04 Å². The van der Waals surface area contributed by atoms with Gasteiger partial charge in [-0.3, -0.25) is 9.69 Å². The second-order valence-corrected chi connectivity index (χ2v) is 4.92. The van der Waals surface area contributed by atoms with Crippen LogP contribution in [0.4, 0.5) is 0 Å². The summed E-state index contributed by atoms with van der Waals surface area (Å²) in [5.41, 5.74) is 0. The first-order valence-electron chi connectivity index (χ1n) is 4.58. The molecule has 0 aromatic rings. The molecule has 1 aliphatic rings. The SMILES string of the molecule is COC(=O)C(C)N1CCSC(C)C1. The third kappa shape index (κ3) is 2.88. The van der Waals surface area contributed by atoms with Crippen molar-refractivity contribution in [2.75, 3.05) is 26.0 Å².